The fraction of sp³-hybridized carbons (Fsp3) is 0.500. The molecule has 0 spiro atoms. The fourth-order valence-corrected chi connectivity index (χ4v) is 1.77. The summed E-state index contributed by atoms with van der Waals surface area (Å²) in [7, 11) is 0. The molecular weight excluding hydrogens is 242 g/mol. The molecular formula is C14H19N3O2. The summed E-state index contributed by atoms with van der Waals surface area (Å²) in [6, 6.07) is 5.66. The van der Waals surface area contributed by atoms with Crippen molar-refractivity contribution < 1.29 is 9.53 Å². The Kier molecular flexibility index (Phi) is 5.80. The third-order valence-corrected chi connectivity index (χ3v) is 2.64. The molecule has 0 aliphatic rings. The molecule has 0 saturated carbocycles. The molecule has 0 aliphatic heterocycles. The van der Waals surface area contributed by atoms with Crippen LogP contribution in [-0.4, -0.2) is 30.1 Å². The van der Waals surface area contributed by atoms with Crippen LogP contribution in [0.25, 0.3) is 0 Å². The van der Waals surface area contributed by atoms with Crippen molar-refractivity contribution in [2.24, 2.45) is 0 Å². The molecule has 0 radical (unpaired) electrons. The molecule has 0 unspecified atom stereocenters. The molecule has 1 aromatic heterocycles. The van der Waals surface area contributed by atoms with Gasteiger partial charge in [-0.1, -0.05) is 0 Å². The minimum absolute atomic E-state index is 0.149. The first-order chi connectivity index (χ1) is 9.11. The number of ether oxygens (including phenoxy) is 1. The van der Waals surface area contributed by atoms with Crippen molar-refractivity contribution in [2.75, 3.05) is 18.1 Å². The highest BCUT2D eigenvalue weighted by Gasteiger charge is 2.20. The second-order valence-electron chi connectivity index (χ2n) is 4.29. The number of anilines is 1. The molecule has 0 atom stereocenters. The molecule has 0 amide bonds. The third-order valence-electron chi connectivity index (χ3n) is 2.64. The van der Waals surface area contributed by atoms with Gasteiger partial charge in [-0.05, 0) is 32.9 Å². The molecule has 1 aromatic rings. The summed E-state index contributed by atoms with van der Waals surface area (Å²) >= 11 is 0. The number of pyridine rings is 1. The second-order valence-corrected chi connectivity index (χ2v) is 4.29. The summed E-state index contributed by atoms with van der Waals surface area (Å²) in [5, 5.41) is 8.72. The Bertz CT molecular complexity index is 466. The van der Waals surface area contributed by atoms with Crippen molar-refractivity contribution in [3.05, 3.63) is 23.9 Å². The van der Waals surface area contributed by atoms with Gasteiger partial charge >= 0.3 is 5.97 Å². The van der Waals surface area contributed by atoms with Gasteiger partial charge < -0.3 is 9.64 Å². The molecule has 1 heterocycles. The van der Waals surface area contributed by atoms with E-state index in [1.54, 1.807) is 25.3 Å². The van der Waals surface area contributed by atoms with Gasteiger partial charge in [-0.15, -0.1) is 0 Å². The highest BCUT2D eigenvalue weighted by atomic mass is 16.5. The fourth-order valence-electron chi connectivity index (χ4n) is 1.77. The van der Waals surface area contributed by atoms with E-state index in [2.05, 4.69) is 11.1 Å². The SMILES string of the molecule is CCOC(=O)c1cccnc1N(CCC#N)C(C)C. The molecule has 5 nitrogen and oxygen atoms in total. The lowest BCUT2D eigenvalue weighted by Gasteiger charge is -2.28. The van der Waals surface area contributed by atoms with E-state index in [4.69, 9.17) is 10.00 Å². The Morgan fingerprint density at radius 2 is 2.32 bits per heavy atom. The van der Waals surface area contributed by atoms with Gasteiger partial charge in [-0.2, -0.15) is 5.26 Å². The van der Waals surface area contributed by atoms with E-state index in [9.17, 15) is 4.79 Å². The second kappa shape index (κ2) is 7.37. The Morgan fingerprint density at radius 1 is 1.58 bits per heavy atom. The lowest BCUT2D eigenvalue weighted by Crippen LogP contribution is -2.34. The van der Waals surface area contributed by atoms with E-state index >= 15 is 0 Å². The number of carbonyl (C=O) groups excluding carboxylic acids is 1. The van der Waals surface area contributed by atoms with Gasteiger partial charge in [0, 0.05) is 18.8 Å². The van der Waals surface area contributed by atoms with Crippen molar-refractivity contribution >= 4 is 11.8 Å². The molecule has 5 heteroatoms. The monoisotopic (exact) mass is 261 g/mol. The van der Waals surface area contributed by atoms with Crippen LogP contribution in [0.5, 0.6) is 0 Å². The van der Waals surface area contributed by atoms with Gasteiger partial charge in [0.2, 0.25) is 0 Å². The maximum absolute atomic E-state index is 11.9. The number of hydrogen-bond donors (Lipinski definition) is 0. The minimum atomic E-state index is -0.381. The zero-order chi connectivity index (χ0) is 14.3. The molecule has 0 aliphatic carbocycles. The van der Waals surface area contributed by atoms with Crippen LogP contribution in [0.15, 0.2) is 18.3 Å². The van der Waals surface area contributed by atoms with Crippen LogP contribution in [-0.2, 0) is 4.74 Å². The first-order valence-corrected chi connectivity index (χ1v) is 6.37. The molecule has 102 valence electrons. The number of carbonyl (C=O) groups is 1. The Balaban J connectivity index is 3.09. The summed E-state index contributed by atoms with van der Waals surface area (Å²) < 4.78 is 5.03. The van der Waals surface area contributed by atoms with E-state index < -0.39 is 0 Å². The molecule has 19 heavy (non-hydrogen) atoms. The lowest BCUT2D eigenvalue weighted by atomic mass is 10.2. The molecule has 0 bridgehead atoms. The van der Waals surface area contributed by atoms with Crippen LogP contribution in [0.1, 0.15) is 37.6 Å². The van der Waals surface area contributed by atoms with Crippen molar-refractivity contribution in [3.63, 3.8) is 0 Å². The normalized spacial score (nSPS) is 10.1. The average molecular weight is 261 g/mol. The first kappa shape index (κ1) is 15.0. The summed E-state index contributed by atoms with van der Waals surface area (Å²) in [5.41, 5.74) is 0.441. The first-order valence-electron chi connectivity index (χ1n) is 6.37. The standard InChI is InChI=1S/C14H19N3O2/c1-4-19-14(18)12-7-5-9-16-13(12)17(11(2)3)10-6-8-15/h5,7,9,11H,4,6,10H2,1-3H3. The Labute approximate surface area is 113 Å². The number of aromatic nitrogens is 1. The number of hydrogen-bond acceptors (Lipinski definition) is 5. The van der Waals surface area contributed by atoms with Gasteiger partial charge in [-0.3, -0.25) is 0 Å². The Morgan fingerprint density at radius 3 is 2.89 bits per heavy atom. The topological polar surface area (TPSA) is 66.2 Å². The molecule has 1 rings (SSSR count). The zero-order valence-corrected chi connectivity index (χ0v) is 11.6. The van der Waals surface area contributed by atoms with Gasteiger partial charge in [-0.25, -0.2) is 9.78 Å². The van der Waals surface area contributed by atoms with E-state index in [1.165, 1.54) is 0 Å². The van der Waals surface area contributed by atoms with Crippen LogP contribution >= 0.6 is 0 Å². The maximum atomic E-state index is 11.9. The number of esters is 1. The molecule has 0 saturated heterocycles. The van der Waals surface area contributed by atoms with Crippen molar-refractivity contribution in [3.8, 4) is 6.07 Å². The maximum Gasteiger partial charge on any atom is 0.341 e. The van der Waals surface area contributed by atoms with Crippen LogP contribution in [0.4, 0.5) is 5.82 Å². The van der Waals surface area contributed by atoms with Crippen molar-refractivity contribution in [2.45, 2.75) is 33.2 Å². The molecule has 0 N–H and O–H groups in total. The number of rotatable bonds is 6. The van der Waals surface area contributed by atoms with Gasteiger partial charge in [0.15, 0.2) is 0 Å². The minimum Gasteiger partial charge on any atom is -0.462 e. The quantitative estimate of drug-likeness (QED) is 0.735. The van der Waals surface area contributed by atoms with Crippen molar-refractivity contribution in [1.82, 2.24) is 4.98 Å². The summed E-state index contributed by atoms with van der Waals surface area (Å²) in [6.07, 6.45) is 2.02. The van der Waals surface area contributed by atoms with Gasteiger partial charge in [0.1, 0.15) is 11.4 Å². The average Bonchev–Trinajstić information content (AvgIpc) is 2.39. The van der Waals surface area contributed by atoms with Crippen LogP contribution < -0.4 is 4.90 Å². The van der Waals surface area contributed by atoms with Crippen molar-refractivity contribution in [1.29, 1.82) is 5.26 Å². The van der Waals surface area contributed by atoms with Crippen LogP contribution in [0, 0.1) is 11.3 Å². The van der Waals surface area contributed by atoms with E-state index in [1.807, 2.05) is 18.7 Å². The highest BCUT2D eigenvalue weighted by Crippen LogP contribution is 2.20. The molecule has 0 fully saturated rings. The number of nitriles is 1. The van der Waals surface area contributed by atoms with E-state index in [0.29, 0.717) is 31.0 Å². The van der Waals surface area contributed by atoms with Crippen LogP contribution in [0.3, 0.4) is 0 Å². The summed E-state index contributed by atoms with van der Waals surface area (Å²) in [5.74, 6) is 0.194. The predicted octanol–water partition coefficient (Wildman–Crippen LogP) is 2.39. The Hall–Kier alpha value is -2.09. The van der Waals surface area contributed by atoms with Gasteiger partial charge in [0.05, 0.1) is 19.1 Å². The molecule has 0 aromatic carbocycles. The highest BCUT2D eigenvalue weighted by molar-refractivity contribution is 5.94. The summed E-state index contributed by atoms with van der Waals surface area (Å²) in [4.78, 5) is 18.1. The largest absolute Gasteiger partial charge is 0.462 e. The number of nitrogens with zero attached hydrogens (tertiary/aromatic N) is 3. The van der Waals surface area contributed by atoms with Crippen LogP contribution in [0.2, 0.25) is 0 Å². The lowest BCUT2D eigenvalue weighted by molar-refractivity contribution is 0.0526. The summed E-state index contributed by atoms with van der Waals surface area (Å²) in [6.45, 7) is 6.64. The smallest absolute Gasteiger partial charge is 0.341 e. The third kappa shape index (κ3) is 3.95. The van der Waals surface area contributed by atoms with E-state index in [0.717, 1.165) is 0 Å². The van der Waals surface area contributed by atoms with E-state index in [-0.39, 0.29) is 12.0 Å². The predicted molar refractivity (Wildman–Crippen MR) is 72.9 cm³/mol. The zero-order valence-electron chi connectivity index (χ0n) is 11.6. The van der Waals surface area contributed by atoms with Gasteiger partial charge in [0.25, 0.3) is 0 Å².